The molecule has 240 valence electrons. The minimum absolute atomic E-state index is 0.207. The zero-order valence-corrected chi connectivity index (χ0v) is 28.8. The van der Waals surface area contributed by atoms with Crippen molar-refractivity contribution >= 4 is 54.9 Å². The van der Waals surface area contributed by atoms with E-state index in [-0.39, 0.29) is 5.41 Å². The first-order valence-electron chi connectivity index (χ1n) is 17.8. The largest absolute Gasteiger partial charge is 0.310 e. The average molecular weight is 635 g/mol. The van der Waals surface area contributed by atoms with E-state index < -0.39 is 0 Å². The highest BCUT2D eigenvalue weighted by molar-refractivity contribution is 6.13. The Morgan fingerprint density at radius 1 is 0.592 bits per heavy atom. The molecular formula is C47H42N2. The number of benzene rings is 5. The van der Waals surface area contributed by atoms with Gasteiger partial charge in [0.2, 0.25) is 0 Å². The van der Waals surface area contributed by atoms with Crippen LogP contribution in [-0.2, 0) is 0 Å². The Morgan fingerprint density at radius 3 is 1.86 bits per heavy atom. The fourth-order valence-corrected chi connectivity index (χ4v) is 8.62. The van der Waals surface area contributed by atoms with Gasteiger partial charge < -0.3 is 9.13 Å². The maximum absolute atomic E-state index is 2.47. The summed E-state index contributed by atoms with van der Waals surface area (Å²) in [5, 5.41) is 5.16. The molecule has 2 aromatic heterocycles. The molecule has 0 saturated carbocycles. The minimum Gasteiger partial charge on any atom is -0.310 e. The van der Waals surface area contributed by atoms with Crippen LogP contribution in [0.25, 0.3) is 71.7 Å². The van der Waals surface area contributed by atoms with Gasteiger partial charge in [-0.15, -0.1) is 0 Å². The molecule has 0 fully saturated rings. The Hall–Kier alpha value is -5.34. The lowest BCUT2D eigenvalue weighted by Crippen LogP contribution is -2.27. The summed E-state index contributed by atoms with van der Waals surface area (Å²) in [6.07, 6.45) is 16.2. The predicted octanol–water partition coefficient (Wildman–Crippen LogP) is 13.0. The highest BCUT2D eigenvalue weighted by Crippen LogP contribution is 2.44. The van der Waals surface area contributed by atoms with Crippen molar-refractivity contribution in [1.82, 2.24) is 9.13 Å². The van der Waals surface area contributed by atoms with Crippen molar-refractivity contribution in [3.63, 3.8) is 0 Å². The van der Waals surface area contributed by atoms with Gasteiger partial charge in [0, 0.05) is 32.9 Å². The summed E-state index contributed by atoms with van der Waals surface area (Å²) in [7, 11) is 0. The summed E-state index contributed by atoms with van der Waals surface area (Å²) in [5.41, 5.74) is 12.9. The highest BCUT2D eigenvalue weighted by atomic mass is 15.0. The number of para-hydroxylation sites is 2. The first-order valence-corrected chi connectivity index (χ1v) is 17.8. The van der Waals surface area contributed by atoms with Crippen LogP contribution in [0.15, 0.2) is 146 Å². The van der Waals surface area contributed by atoms with Gasteiger partial charge in [0.1, 0.15) is 0 Å². The van der Waals surface area contributed by atoms with E-state index in [1.807, 2.05) is 0 Å². The maximum atomic E-state index is 2.47. The molecule has 5 aromatic carbocycles. The fraction of sp³-hybridized carbons (Fsp3) is 0.191. The number of aromatic nitrogens is 2. The number of nitrogens with zero attached hydrogens (tertiary/aromatic N) is 2. The van der Waals surface area contributed by atoms with Crippen molar-refractivity contribution in [3.8, 4) is 16.8 Å². The maximum Gasteiger partial charge on any atom is 0.0541 e. The molecule has 7 aromatic rings. The normalized spacial score (nSPS) is 18.1. The molecule has 2 aliphatic rings. The van der Waals surface area contributed by atoms with E-state index in [0.29, 0.717) is 11.8 Å². The molecule has 0 saturated heterocycles. The molecular weight excluding hydrogens is 593 g/mol. The van der Waals surface area contributed by atoms with Gasteiger partial charge in [-0.05, 0) is 113 Å². The summed E-state index contributed by atoms with van der Waals surface area (Å²) in [6.45, 7) is 9.49. The van der Waals surface area contributed by atoms with Gasteiger partial charge in [-0.3, -0.25) is 0 Å². The summed E-state index contributed by atoms with van der Waals surface area (Å²) in [4.78, 5) is 0. The van der Waals surface area contributed by atoms with Crippen LogP contribution < -0.4 is 0 Å². The van der Waals surface area contributed by atoms with Gasteiger partial charge in [-0.1, -0.05) is 113 Å². The standard InChI is InChI=1S/C47H42N2/c1-31-37(19-13-20-42(31)47(2,3)4)34-24-27-46-41(30-34)40-29-33(23-26-45(40)49(46)36-16-9-6-10-17-36)32-22-25-44-39(28-32)38-18-11-12-21-43(38)48(44)35-14-7-5-8-15-35/h5,7-9,11-31,42H,6,10H2,1-4H3. The number of hydrogen-bond acceptors (Lipinski definition) is 0. The van der Waals surface area contributed by atoms with Gasteiger partial charge in [-0.2, -0.15) is 0 Å². The van der Waals surface area contributed by atoms with Gasteiger partial charge >= 0.3 is 0 Å². The van der Waals surface area contributed by atoms with E-state index in [4.69, 9.17) is 0 Å². The number of allylic oxidation sites excluding steroid dienone is 8. The summed E-state index contributed by atoms with van der Waals surface area (Å²) in [6, 6.07) is 40.7. The van der Waals surface area contributed by atoms with Gasteiger partial charge in [0.15, 0.2) is 0 Å². The predicted molar refractivity (Wildman–Crippen MR) is 211 cm³/mol. The molecule has 49 heavy (non-hydrogen) atoms. The van der Waals surface area contributed by atoms with Crippen LogP contribution >= 0.6 is 0 Å². The van der Waals surface area contributed by atoms with Crippen molar-refractivity contribution in [3.05, 3.63) is 151 Å². The third kappa shape index (κ3) is 4.84. The topological polar surface area (TPSA) is 9.86 Å². The smallest absolute Gasteiger partial charge is 0.0541 e. The van der Waals surface area contributed by atoms with Gasteiger partial charge in [0.05, 0.1) is 22.1 Å². The van der Waals surface area contributed by atoms with E-state index in [2.05, 4.69) is 182 Å². The molecule has 0 radical (unpaired) electrons. The van der Waals surface area contributed by atoms with Crippen LogP contribution in [0.5, 0.6) is 0 Å². The van der Waals surface area contributed by atoms with Crippen LogP contribution in [0, 0.1) is 17.3 Å². The van der Waals surface area contributed by atoms with Crippen molar-refractivity contribution in [2.45, 2.75) is 40.5 Å². The molecule has 2 nitrogen and oxygen atoms in total. The number of fused-ring (bicyclic) bond motifs is 6. The summed E-state index contributed by atoms with van der Waals surface area (Å²) >= 11 is 0. The Bertz CT molecular complexity index is 2540. The lowest BCUT2D eigenvalue weighted by atomic mass is 9.68. The molecule has 0 bridgehead atoms. The average Bonchev–Trinajstić information content (AvgIpc) is 3.63. The minimum atomic E-state index is 0.207. The van der Waals surface area contributed by atoms with E-state index in [9.17, 15) is 0 Å². The Balaban J connectivity index is 1.23. The molecule has 0 amide bonds. The first-order chi connectivity index (χ1) is 23.9. The van der Waals surface area contributed by atoms with Crippen molar-refractivity contribution in [2.75, 3.05) is 0 Å². The van der Waals surface area contributed by atoms with Crippen molar-refractivity contribution in [1.29, 1.82) is 0 Å². The zero-order valence-electron chi connectivity index (χ0n) is 28.8. The van der Waals surface area contributed by atoms with Crippen LogP contribution in [-0.4, -0.2) is 9.13 Å². The molecule has 2 heteroatoms. The molecule has 2 aliphatic carbocycles. The van der Waals surface area contributed by atoms with Gasteiger partial charge in [0.25, 0.3) is 0 Å². The molecule has 0 N–H and O–H groups in total. The third-order valence-corrected chi connectivity index (χ3v) is 11.0. The fourth-order valence-electron chi connectivity index (χ4n) is 8.62. The molecule has 2 atom stereocenters. The molecule has 0 aliphatic heterocycles. The monoisotopic (exact) mass is 634 g/mol. The SMILES string of the molecule is CC1C(c2ccc3c(c2)c2cc(-c4ccc5c(c4)c4ccccc4n5-c4ccccc4)ccc2n3C2=CCCC=C2)=CC=CC1C(C)(C)C. The van der Waals surface area contributed by atoms with E-state index in [1.165, 1.54) is 77.3 Å². The van der Waals surface area contributed by atoms with E-state index in [0.717, 1.165) is 12.8 Å². The quantitative estimate of drug-likeness (QED) is 0.182. The van der Waals surface area contributed by atoms with Crippen LogP contribution in [0.2, 0.25) is 0 Å². The number of rotatable bonds is 4. The number of hydrogen-bond donors (Lipinski definition) is 0. The highest BCUT2D eigenvalue weighted by Gasteiger charge is 2.31. The van der Waals surface area contributed by atoms with E-state index in [1.54, 1.807) is 0 Å². The lowest BCUT2D eigenvalue weighted by molar-refractivity contribution is 0.249. The van der Waals surface area contributed by atoms with Crippen LogP contribution in [0.1, 0.15) is 46.1 Å². The molecule has 9 rings (SSSR count). The second-order valence-electron chi connectivity index (χ2n) is 15.0. The second-order valence-corrected chi connectivity index (χ2v) is 15.0. The Kier molecular flexibility index (Phi) is 6.91. The molecule has 0 spiro atoms. The lowest BCUT2D eigenvalue weighted by Gasteiger charge is -2.36. The molecule has 2 unspecified atom stereocenters. The van der Waals surface area contributed by atoms with Crippen LogP contribution in [0.3, 0.4) is 0 Å². The summed E-state index contributed by atoms with van der Waals surface area (Å²) in [5.74, 6) is 0.941. The Morgan fingerprint density at radius 2 is 1.18 bits per heavy atom. The summed E-state index contributed by atoms with van der Waals surface area (Å²) < 4.78 is 4.86. The van der Waals surface area contributed by atoms with Crippen LogP contribution in [0.4, 0.5) is 0 Å². The third-order valence-electron chi connectivity index (χ3n) is 11.0. The second kappa shape index (κ2) is 11.4. The van der Waals surface area contributed by atoms with E-state index >= 15 is 0 Å². The van der Waals surface area contributed by atoms with Crippen molar-refractivity contribution in [2.24, 2.45) is 17.3 Å². The van der Waals surface area contributed by atoms with Gasteiger partial charge in [-0.25, -0.2) is 0 Å². The zero-order chi connectivity index (χ0) is 33.3. The van der Waals surface area contributed by atoms with Crippen molar-refractivity contribution < 1.29 is 0 Å². The Labute approximate surface area is 289 Å². The first kappa shape index (κ1) is 29.8. The molecule has 2 heterocycles.